The molecule has 1 aromatic rings. The van der Waals surface area contributed by atoms with Crippen LogP contribution in [-0.4, -0.2) is 24.9 Å². The summed E-state index contributed by atoms with van der Waals surface area (Å²) in [6, 6.07) is 6.87. The Bertz CT molecular complexity index is 459. The SMILES string of the molecule is CCC(CC)C(=O)NCCNC(=O)c1ccccc1Cl. The number of halogens is 1. The smallest absolute Gasteiger partial charge is 0.252 e. The molecule has 0 heterocycles. The molecule has 1 aromatic carbocycles. The molecule has 110 valence electrons. The molecule has 1 rings (SSSR count). The van der Waals surface area contributed by atoms with Gasteiger partial charge in [-0.2, -0.15) is 0 Å². The van der Waals surface area contributed by atoms with Gasteiger partial charge in [-0.15, -0.1) is 0 Å². The second-order valence-electron chi connectivity index (χ2n) is 4.54. The normalized spacial score (nSPS) is 10.4. The Morgan fingerprint density at radius 1 is 1.10 bits per heavy atom. The average molecular weight is 297 g/mol. The van der Waals surface area contributed by atoms with Crippen molar-refractivity contribution in [3.8, 4) is 0 Å². The van der Waals surface area contributed by atoms with E-state index >= 15 is 0 Å². The highest BCUT2D eigenvalue weighted by Gasteiger charge is 2.13. The van der Waals surface area contributed by atoms with Crippen LogP contribution in [0.3, 0.4) is 0 Å². The minimum absolute atomic E-state index is 0.0435. The fraction of sp³-hybridized carbons (Fsp3) is 0.467. The molecule has 0 aliphatic carbocycles. The van der Waals surface area contributed by atoms with Crippen molar-refractivity contribution in [2.75, 3.05) is 13.1 Å². The van der Waals surface area contributed by atoms with Crippen molar-refractivity contribution in [1.82, 2.24) is 10.6 Å². The van der Waals surface area contributed by atoms with Gasteiger partial charge in [-0.1, -0.05) is 37.6 Å². The van der Waals surface area contributed by atoms with Crippen LogP contribution in [0.5, 0.6) is 0 Å². The lowest BCUT2D eigenvalue weighted by atomic mass is 10.0. The Kier molecular flexibility index (Phi) is 7.09. The summed E-state index contributed by atoms with van der Waals surface area (Å²) in [5.74, 6) is -0.136. The monoisotopic (exact) mass is 296 g/mol. The van der Waals surface area contributed by atoms with Gasteiger partial charge in [-0.25, -0.2) is 0 Å². The number of rotatable bonds is 7. The summed E-state index contributed by atoms with van der Waals surface area (Å²) in [5.41, 5.74) is 0.445. The third-order valence-electron chi connectivity index (χ3n) is 3.18. The maximum atomic E-state index is 11.8. The lowest BCUT2D eigenvalue weighted by Gasteiger charge is -2.13. The lowest BCUT2D eigenvalue weighted by Crippen LogP contribution is -2.37. The van der Waals surface area contributed by atoms with E-state index in [-0.39, 0.29) is 17.7 Å². The minimum atomic E-state index is -0.229. The van der Waals surface area contributed by atoms with Gasteiger partial charge in [0.25, 0.3) is 5.91 Å². The summed E-state index contributed by atoms with van der Waals surface area (Å²) in [5, 5.41) is 5.97. The Hall–Kier alpha value is -1.55. The highest BCUT2D eigenvalue weighted by Crippen LogP contribution is 2.14. The van der Waals surface area contributed by atoms with E-state index in [9.17, 15) is 9.59 Å². The molecule has 0 unspecified atom stereocenters. The molecule has 0 saturated carbocycles. The van der Waals surface area contributed by atoms with E-state index in [2.05, 4.69) is 10.6 Å². The molecule has 0 atom stereocenters. The van der Waals surface area contributed by atoms with Crippen molar-refractivity contribution in [3.05, 3.63) is 34.9 Å². The zero-order chi connectivity index (χ0) is 15.0. The topological polar surface area (TPSA) is 58.2 Å². The molecule has 0 saturated heterocycles. The fourth-order valence-electron chi connectivity index (χ4n) is 1.91. The van der Waals surface area contributed by atoms with Gasteiger partial charge in [0.05, 0.1) is 10.6 Å². The highest BCUT2D eigenvalue weighted by atomic mass is 35.5. The molecular formula is C15H21ClN2O2. The molecule has 20 heavy (non-hydrogen) atoms. The van der Waals surface area contributed by atoms with Crippen LogP contribution in [0, 0.1) is 5.92 Å². The molecule has 0 aliphatic rings. The predicted octanol–water partition coefficient (Wildman–Crippen LogP) is 2.62. The number of nitrogens with one attached hydrogen (secondary N) is 2. The van der Waals surface area contributed by atoms with E-state index in [0.717, 1.165) is 12.8 Å². The van der Waals surface area contributed by atoms with Crippen LogP contribution >= 0.6 is 11.6 Å². The van der Waals surface area contributed by atoms with Gasteiger partial charge in [0.15, 0.2) is 0 Å². The van der Waals surface area contributed by atoms with Crippen LogP contribution in [0.25, 0.3) is 0 Å². The number of carbonyl (C=O) groups is 2. The number of benzene rings is 1. The Morgan fingerprint density at radius 2 is 1.70 bits per heavy atom. The zero-order valence-corrected chi connectivity index (χ0v) is 12.7. The first-order chi connectivity index (χ1) is 9.60. The van der Waals surface area contributed by atoms with E-state index in [1.54, 1.807) is 24.3 Å². The van der Waals surface area contributed by atoms with Crippen LogP contribution in [0.1, 0.15) is 37.0 Å². The van der Waals surface area contributed by atoms with Crippen molar-refractivity contribution in [2.24, 2.45) is 5.92 Å². The fourth-order valence-corrected chi connectivity index (χ4v) is 2.13. The molecule has 0 aliphatic heterocycles. The first kappa shape index (κ1) is 16.5. The maximum absolute atomic E-state index is 11.8. The Morgan fingerprint density at radius 3 is 2.30 bits per heavy atom. The van der Waals surface area contributed by atoms with Gasteiger partial charge in [0.1, 0.15) is 0 Å². The van der Waals surface area contributed by atoms with E-state index in [4.69, 9.17) is 11.6 Å². The second-order valence-corrected chi connectivity index (χ2v) is 4.95. The van der Waals surface area contributed by atoms with Gasteiger partial charge in [-0.05, 0) is 25.0 Å². The lowest BCUT2D eigenvalue weighted by molar-refractivity contribution is -0.125. The largest absolute Gasteiger partial charge is 0.354 e. The molecule has 0 spiro atoms. The first-order valence-corrected chi connectivity index (χ1v) is 7.28. The molecule has 2 N–H and O–H groups in total. The van der Waals surface area contributed by atoms with Crippen molar-refractivity contribution < 1.29 is 9.59 Å². The van der Waals surface area contributed by atoms with Gasteiger partial charge < -0.3 is 10.6 Å². The predicted molar refractivity (Wildman–Crippen MR) is 80.9 cm³/mol. The number of carbonyl (C=O) groups excluding carboxylic acids is 2. The molecule has 0 aromatic heterocycles. The van der Waals surface area contributed by atoms with Crippen molar-refractivity contribution in [1.29, 1.82) is 0 Å². The van der Waals surface area contributed by atoms with Crippen molar-refractivity contribution in [3.63, 3.8) is 0 Å². The molecule has 0 bridgehead atoms. The van der Waals surface area contributed by atoms with Gasteiger partial charge in [0.2, 0.25) is 5.91 Å². The second kappa shape index (κ2) is 8.59. The molecule has 2 amide bonds. The van der Waals surface area contributed by atoms with Crippen molar-refractivity contribution >= 4 is 23.4 Å². The average Bonchev–Trinajstić information content (AvgIpc) is 2.45. The Balaban J connectivity index is 2.33. The number of hydrogen-bond donors (Lipinski definition) is 2. The molecule has 0 fully saturated rings. The van der Waals surface area contributed by atoms with Crippen LogP contribution < -0.4 is 10.6 Å². The third kappa shape index (κ3) is 4.85. The first-order valence-electron chi connectivity index (χ1n) is 6.90. The standard InChI is InChI=1S/C15H21ClN2O2/c1-3-11(4-2)14(19)17-9-10-18-15(20)12-7-5-6-8-13(12)16/h5-8,11H,3-4,9-10H2,1-2H3,(H,17,19)(H,18,20). The minimum Gasteiger partial charge on any atom is -0.354 e. The number of hydrogen-bond acceptors (Lipinski definition) is 2. The summed E-state index contributed by atoms with van der Waals surface area (Å²) in [6.07, 6.45) is 1.66. The highest BCUT2D eigenvalue weighted by molar-refractivity contribution is 6.33. The third-order valence-corrected chi connectivity index (χ3v) is 3.51. The molecule has 5 heteroatoms. The number of amides is 2. The summed E-state index contributed by atoms with van der Waals surface area (Å²) in [7, 11) is 0. The quantitative estimate of drug-likeness (QED) is 0.760. The van der Waals surface area contributed by atoms with Crippen LogP contribution in [-0.2, 0) is 4.79 Å². The van der Waals surface area contributed by atoms with Crippen LogP contribution in [0.2, 0.25) is 5.02 Å². The maximum Gasteiger partial charge on any atom is 0.252 e. The van der Waals surface area contributed by atoms with Crippen LogP contribution in [0.15, 0.2) is 24.3 Å². The summed E-state index contributed by atoms with van der Waals surface area (Å²) in [4.78, 5) is 23.6. The van der Waals surface area contributed by atoms with Gasteiger partial charge in [-0.3, -0.25) is 9.59 Å². The zero-order valence-electron chi connectivity index (χ0n) is 11.9. The molecule has 4 nitrogen and oxygen atoms in total. The van der Waals surface area contributed by atoms with E-state index in [1.165, 1.54) is 0 Å². The molecule has 0 radical (unpaired) electrons. The van der Waals surface area contributed by atoms with E-state index in [1.807, 2.05) is 13.8 Å². The van der Waals surface area contributed by atoms with E-state index in [0.29, 0.717) is 23.7 Å². The van der Waals surface area contributed by atoms with Crippen molar-refractivity contribution in [2.45, 2.75) is 26.7 Å². The van der Waals surface area contributed by atoms with E-state index < -0.39 is 0 Å². The summed E-state index contributed by atoms with van der Waals surface area (Å²) < 4.78 is 0. The summed E-state index contributed by atoms with van der Waals surface area (Å²) >= 11 is 5.93. The summed E-state index contributed by atoms with van der Waals surface area (Å²) in [6.45, 7) is 4.79. The van der Waals surface area contributed by atoms with Gasteiger partial charge in [0, 0.05) is 19.0 Å². The van der Waals surface area contributed by atoms with Gasteiger partial charge >= 0.3 is 0 Å². The Labute approximate surface area is 124 Å². The van der Waals surface area contributed by atoms with Crippen LogP contribution in [0.4, 0.5) is 0 Å². The molecular weight excluding hydrogens is 276 g/mol.